The van der Waals surface area contributed by atoms with E-state index in [1.165, 1.54) is 0 Å². The summed E-state index contributed by atoms with van der Waals surface area (Å²) in [6.07, 6.45) is 0. The highest BCUT2D eigenvalue weighted by Gasteiger charge is 2.53. The van der Waals surface area contributed by atoms with Gasteiger partial charge in [-0.1, -0.05) is 48.5 Å². The average molecular weight is 593 g/mol. The molecule has 0 fully saturated rings. The number of phenolic OH excluding ortho intramolecular Hbond substituents is 4. The van der Waals surface area contributed by atoms with Gasteiger partial charge in [-0.3, -0.25) is 4.79 Å². The molecule has 6 aromatic rings. The average Bonchev–Trinajstić information content (AvgIpc) is 3.28. The van der Waals surface area contributed by atoms with Crippen molar-refractivity contribution in [2.24, 2.45) is 0 Å². The van der Waals surface area contributed by atoms with Crippen LogP contribution in [-0.2, 0) is 5.41 Å². The lowest BCUT2D eigenvalue weighted by atomic mass is 9.66. The maximum atomic E-state index is 15.1. The van der Waals surface area contributed by atoms with Crippen molar-refractivity contribution in [3.8, 4) is 45.3 Å². The van der Waals surface area contributed by atoms with E-state index < -0.39 is 5.41 Å². The number of hydrogen-bond acceptors (Lipinski definition) is 5. The van der Waals surface area contributed by atoms with E-state index in [1.54, 1.807) is 26.0 Å². The van der Waals surface area contributed by atoms with Crippen LogP contribution in [0.1, 0.15) is 49.3 Å². The minimum atomic E-state index is -1.59. The van der Waals surface area contributed by atoms with Crippen LogP contribution in [0.5, 0.6) is 23.0 Å². The number of phenols is 4. The fourth-order valence-electron chi connectivity index (χ4n) is 6.98. The Balaban J connectivity index is 1.62. The fraction of sp³-hybridized carbons (Fsp3) is 0.125. The molecule has 5 nitrogen and oxygen atoms in total. The Hall–Kier alpha value is -5.55. The summed E-state index contributed by atoms with van der Waals surface area (Å²) in [5.41, 5.74) is 6.07. The summed E-state index contributed by atoms with van der Waals surface area (Å²) in [6, 6.07) is 29.5. The van der Waals surface area contributed by atoms with Crippen LogP contribution in [0.2, 0.25) is 0 Å². The van der Waals surface area contributed by atoms with Gasteiger partial charge in [0.25, 0.3) is 0 Å². The second-order valence-corrected chi connectivity index (χ2v) is 12.2. The summed E-state index contributed by atoms with van der Waals surface area (Å²) in [6.45, 7) is 7.25. The molecule has 0 aliphatic heterocycles. The van der Waals surface area contributed by atoms with E-state index in [0.717, 1.165) is 33.0 Å². The van der Waals surface area contributed by atoms with Gasteiger partial charge < -0.3 is 20.4 Å². The van der Waals surface area contributed by atoms with Gasteiger partial charge in [-0.2, -0.15) is 0 Å². The number of Topliss-reactive ketones (excluding diaryl/α,β-unsaturated/α-hetero) is 1. The van der Waals surface area contributed by atoms with E-state index in [9.17, 15) is 20.4 Å². The van der Waals surface area contributed by atoms with Gasteiger partial charge in [-0.15, -0.1) is 0 Å². The lowest BCUT2D eigenvalue weighted by Crippen LogP contribution is -2.35. The molecule has 0 saturated heterocycles. The number of carbonyl (C=O) groups excluding carboxylic acids is 1. The van der Waals surface area contributed by atoms with Crippen molar-refractivity contribution in [2.45, 2.75) is 33.1 Å². The monoisotopic (exact) mass is 592 g/mol. The number of benzene rings is 6. The molecule has 0 unspecified atom stereocenters. The molecule has 7 rings (SSSR count). The van der Waals surface area contributed by atoms with Gasteiger partial charge in [0, 0.05) is 16.7 Å². The zero-order valence-electron chi connectivity index (χ0n) is 25.4. The van der Waals surface area contributed by atoms with E-state index >= 15 is 4.79 Å². The van der Waals surface area contributed by atoms with Gasteiger partial charge in [0.1, 0.15) is 28.4 Å². The van der Waals surface area contributed by atoms with E-state index in [2.05, 4.69) is 0 Å². The summed E-state index contributed by atoms with van der Waals surface area (Å²) in [5, 5.41) is 45.9. The van der Waals surface area contributed by atoms with Crippen LogP contribution < -0.4 is 0 Å². The molecule has 6 aromatic carbocycles. The zero-order chi connectivity index (χ0) is 31.8. The van der Waals surface area contributed by atoms with Crippen LogP contribution in [0.25, 0.3) is 33.0 Å². The summed E-state index contributed by atoms with van der Waals surface area (Å²) in [4.78, 5) is 15.1. The van der Waals surface area contributed by atoms with E-state index in [4.69, 9.17) is 0 Å². The summed E-state index contributed by atoms with van der Waals surface area (Å²) < 4.78 is 0. The van der Waals surface area contributed by atoms with Crippen LogP contribution in [-0.4, -0.2) is 26.2 Å². The molecule has 1 aliphatic carbocycles. The molecule has 0 radical (unpaired) electrons. The standard InChI is InChI=1S/C40H32O5/c1-21-15-26(11-13-34(21)41)28-17-23(3)37(43)32(19-28)40(31-10-6-8-25-7-5-9-30(36(25)31)39(40)45)33-20-29(18-24(4)38(33)44)27-12-14-35(42)22(2)16-27/h5-20,41-44H,1-4H3. The van der Waals surface area contributed by atoms with Crippen LogP contribution in [0.3, 0.4) is 0 Å². The second-order valence-electron chi connectivity index (χ2n) is 12.2. The Kier molecular flexibility index (Phi) is 6.27. The molecule has 0 spiro atoms. The molecule has 0 atom stereocenters. The number of ketones is 1. The highest BCUT2D eigenvalue weighted by molar-refractivity contribution is 6.24. The van der Waals surface area contributed by atoms with Crippen LogP contribution in [0, 0.1) is 27.7 Å². The highest BCUT2D eigenvalue weighted by atomic mass is 16.3. The molecule has 0 bridgehead atoms. The number of aryl methyl sites for hydroxylation is 4. The first-order valence-corrected chi connectivity index (χ1v) is 14.9. The van der Waals surface area contributed by atoms with E-state index in [0.29, 0.717) is 44.5 Å². The first-order valence-electron chi connectivity index (χ1n) is 14.9. The summed E-state index contributed by atoms with van der Waals surface area (Å²) >= 11 is 0. The molecule has 4 N–H and O–H groups in total. The highest BCUT2D eigenvalue weighted by Crippen LogP contribution is 2.56. The first-order chi connectivity index (χ1) is 21.5. The Bertz CT molecular complexity index is 2110. The lowest BCUT2D eigenvalue weighted by molar-refractivity contribution is 0.0941. The number of carbonyl (C=O) groups is 1. The van der Waals surface area contributed by atoms with Crippen molar-refractivity contribution >= 4 is 16.6 Å². The minimum absolute atomic E-state index is 0.0321. The molecular weight excluding hydrogens is 560 g/mol. The van der Waals surface area contributed by atoms with Gasteiger partial charge in [0.15, 0.2) is 5.78 Å². The van der Waals surface area contributed by atoms with E-state index in [1.807, 2.05) is 98.8 Å². The molecule has 1 aliphatic rings. The van der Waals surface area contributed by atoms with Crippen LogP contribution >= 0.6 is 0 Å². The molecule has 222 valence electrons. The fourth-order valence-corrected chi connectivity index (χ4v) is 6.98. The predicted molar refractivity (Wildman–Crippen MR) is 178 cm³/mol. The Labute approximate surface area is 261 Å². The number of aromatic hydroxyl groups is 4. The summed E-state index contributed by atoms with van der Waals surface area (Å²) in [7, 11) is 0. The van der Waals surface area contributed by atoms with Gasteiger partial charge in [-0.25, -0.2) is 0 Å². The van der Waals surface area contributed by atoms with Crippen LogP contribution in [0.15, 0.2) is 97.1 Å². The first kappa shape index (κ1) is 28.2. The molecular formula is C40H32O5. The van der Waals surface area contributed by atoms with Crippen LogP contribution in [0.4, 0.5) is 0 Å². The SMILES string of the molecule is Cc1cc(-c2cc(C)c(O)c(C3(c4cc(-c5ccc(O)c(C)c5)cc(C)c4O)C(=O)c4cccc5cccc3c45)c2)ccc1O. The third-order valence-corrected chi connectivity index (χ3v) is 9.36. The van der Waals surface area contributed by atoms with Crippen molar-refractivity contribution in [1.29, 1.82) is 0 Å². The molecule has 0 heterocycles. The summed E-state index contributed by atoms with van der Waals surface area (Å²) in [5.74, 6) is 0.0592. The van der Waals surface area contributed by atoms with Gasteiger partial charge in [0.2, 0.25) is 0 Å². The predicted octanol–water partition coefficient (Wildman–Crippen LogP) is 8.76. The Morgan fingerprint density at radius 2 is 0.956 bits per heavy atom. The Morgan fingerprint density at radius 1 is 0.489 bits per heavy atom. The third kappa shape index (κ3) is 4.04. The second kappa shape index (κ2) is 10.00. The lowest BCUT2D eigenvalue weighted by Gasteiger charge is -2.33. The zero-order valence-corrected chi connectivity index (χ0v) is 25.4. The molecule has 0 amide bonds. The molecule has 0 aromatic heterocycles. The largest absolute Gasteiger partial charge is 0.508 e. The van der Waals surface area contributed by atoms with Crippen molar-refractivity contribution in [3.05, 3.63) is 142 Å². The third-order valence-electron chi connectivity index (χ3n) is 9.36. The minimum Gasteiger partial charge on any atom is -0.508 e. The normalized spacial score (nSPS) is 13.5. The molecule has 45 heavy (non-hydrogen) atoms. The quantitative estimate of drug-likeness (QED) is 0.164. The van der Waals surface area contributed by atoms with E-state index in [-0.39, 0.29) is 28.8 Å². The van der Waals surface area contributed by atoms with Gasteiger partial charge in [0.05, 0.1) is 0 Å². The smallest absolute Gasteiger partial charge is 0.183 e. The van der Waals surface area contributed by atoms with Crippen molar-refractivity contribution in [2.75, 3.05) is 0 Å². The maximum Gasteiger partial charge on any atom is 0.183 e. The van der Waals surface area contributed by atoms with Gasteiger partial charge >= 0.3 is 0 Å². The van der Waals surface area contributed by atoms with Crippen molar-refractivity contribution in [1.82, 2.24) is 0 Å². The maximum absolute atomic E-state index is 15.1. The van der Waals surface area contributed by atoms with Crippen molar-refractivity contribution in [3.63, 3.8) is 0 Å². The number of hydrogen-bond donors (Lipinski definition) is 4. The van der Waals surface area contributed by atoms with Gasteiger partial charge in [-0.05, 0) is 137 Å². The van der Waals surface area contributed by atoms with Crippen molar-refractivity contribution < 1.29 is 25.2 Å². The molecule has 5 heteroatoms. The molecule has 0 saturated carbocycles. The topological polar surface area (TPSA) is 98.0 Å². The Morgan fingerprint density at radius 3 is 1.44 bits per heavy atom. The number of rotatable bonds is 4.